The van der Waals surface area contributed by atoms with Gasteiger partial charge < -0.3 is 19.5 Å². The first kappa shape index (κ1) is 31.1. The summed E-state index contributed by atoms with van der Waals surface area (Å²) >= 11 is 1.25. The highest BCUT2D eigenvalue weighted by atomic mass is 32.1. The minimum absolute atomic E-state index is 0.279. The maximum atomic E-state index is 14.1. The number of methoxy groups -OCH3 is 2. The highest BCUT2D eigenvalue weighted by Crippen LogP contribution is 2.33. The molecule has 0 fully saturated rings. The molecule has 234 valence electrons. The summed E-state index contributed by atoms with van der Waals surface area (Å²) in [5, 5.41) is 12.0. The van der Waals surface area contributed by atoms with Crippen molar-refractivity contribution in [2.75, 3.05) is 19.5 Å². The van der Waals surface area contributed by atoms with E-state index in [0.717, 1.165) is 16.7 Å². The van der Waals surface area contributed by atoms with Gasteiger partial charge in [0.05, 0.1) is 47.7 Å². The van der Waals surface area contributed by atoms with Crippen molar-refractivity contribution in [2.45, 2.75) is 19.6 Å². The van der Waals surface area contributed by atoms with Gasteiger partial charge in [0.1, 0.15) is 12.4 Å². The van der Waals surface area contributed by atoms with Gasteiger partial charge in [-0.2, -0.15) is 5.26 Å². The van der Waals surface area contributed by atoms with Crippen molar-refractivity contribution in [1.82, 2.24) is 4.57 Å². The van der Waals surface area contributed by atoms with Crippen molar-refractivity contribution < 1.29 is 19.0 Å². The van der Waals surface area contributed by atoms with Gasteiger partial charge in [0, 0.05) is 5.69 Å². The summed E-state index contributed by atoms with van der Waals surface area (Å²) in [5.74, 6) is 1.31. The van der Waals surface area contributed by atoms with Crippen LogP contribution in [0.15, 0.2) is 118 Å². The molecule has 6 rings (SSSR count). The maximum absolute atomic E-state index is 14.1. The topological polar surface area (TPSA) is 115 Å². The number of aromatic nitrogens is 1. The van der Waals surface area contributed by atoms with E-state index in [1.807, 2.05) is 60.7 Å². The molecule has 4 aromatic carbocycles. The Bertz CT molecular complexity index is 2210. The molecule has 1 aromatic heterocycles. The van der Waals surface area contributed by atoms with Crippen LogP contribution in [0.2, 0.25) is 0 Å². The number of fused-ring (bicyclic) bond motifs is 1. The lowest BCUT2D eigenvalue weighted by atomic mass is 9.95. The van der Waals surface area contributed by atoms with Gasteiger partial charge in [0.2, 0.25) is 0 Å². The van der Waals surface area contributed by atoms with Crippen molar-refractivity contribution in [3.63, 3.8) is 0 Å². The van der Waals surface area contributed by atoms with E-state index in [4.69, 9.17) is 24.5 Å². The summed E-state index contributed by atoms with van der Waals surface area (Å²) in [4.78, 5) is 33.1. The number of nitriles is 1. The van der Waals surface area contributed by atoms with Crippen LogP contribution in [0.1, 0.15) is 35.2 Å². The number of ether oxygens (including phenoxy) is 3. The molecule has 0 bridgehead atoms. The van der Waals surface area contributed by atoms with Gasteiger partial charge in [-0.25, -0.2) is 4.99 Å². The van der Waals surface area contributed by atoms with Crippen molar-refractivity contribution in [1.29, 1.82) is 5.26 Å². The fourth-order valence-corrected chi connectivity index (χ4v) is 6.39. The second kappa shape index (κ2) is 13.6. The number of carbonyl (C=O) groups is 1. The lowest BCUT2D eigenvalue weighted by Crippen LogP contribution is -2.40. The molecular formula is C37H30N4O5S. The van der Waals surface area contributed by atoms with Gasteiger partial charge in [-0.15, -0.1) is 0 Å². The van der Waals surface area contributed by atoms with Crippen LogP contribution < -0.4 is 34.4 Å². The summed E-state index contributed by atoms with van der Waals surface area (Å²) in [6.45, 7) is 2.08. The number of hydrogen-bond acceptors (Lipinski definition) is 8. The van der Waals surface area contributed by atoms with Gasteiger partial charge in [0.25, 0.3) is 11.5 Å². The van der Waals surface area contributed by atoms with Crippen LogP contribution in [0.3, 0.4) is 0 Å². The Balaban J connectivity index is 1.37. The van der Waals surface area contributed by atoms with Gasteiger partial charge in [-0.05, 0) is 78.2 Å². The minimum atomic E-state index is -0.736. The predicted octanol–water partition coefficient (Wildman–Crippen LogP) is 5.34. The molecule has 1 N–H and O–H groups in total. The average molecular weight is 643 g/mol. The van der Waals surface area contributed by atoms with E-state index in [0.29, 0.717) is 55.7 Å². The Morgan fingerprint density at radius 1 is 0.979 bits per heavy atom. The van der Waals surface area contributed by atoms with Crippen molar-refractivity contribution in [2.24, 2.45) is 4.99 Å². The van der Waals surface area contributed by atoms with E-state index in [2.05, 4.69) is 11.4 Å². The molecule has 10 heteroatoms. The molecule has 0 saturated heterocycles. The van der Waals surface area contributed by atoms with Crippen molar-refractivity contribution >= 4 is 29.0 Å². The summed E-state index contributed by atoms with van der Waals surface area (Å²) < 4.78 is 19.1. The van der Waals surface area contributed by atoms with Crippen LogP contribution in [0.25, 0.3) is 6.08 Å². The fourth-order valence-electron chi connectivity index (χ4n) is 5.34. The first-order valence-electron chi connectivity index (χ1n) is 14.7. The molecule has 0 spiro atoms. The largest absolute Gasteiger partial charge is 0.497 e. The lowest BCUT2D eigenvalue weighted by Gasteiger charge is -2.25. The van der Waals surface area contributed by atoms with Crippen LogP contribution in [0.4, 0.5) is 5.69 Å². The number of allylic oxidation sites excluding steroid dienone is 1. The SMILES string of the molecule is COc1cccc([C@H]2C(C(=O)Nc3ccccc3)=C(C)N=c3s/c(=C\c4ccc(OCc5ccc(C#N)cc5)c(OC)c4)c(=O)n32)c1. The number of nitrogens with zero attached hydrogens (tertiary/aromatic N) is 3. The zero-order chi connectivity index (χ0) is 32.9. The Labute approximate surface area is 274 Å². The molecule has 0 radical (unpaired) electrons. The van der Waals surface area contributed by atoms with Crippen LogP contribution >= 0.6 is 11.3 Å². The maximum Gasteiger partial charge on any atom is 0.271 e. The Morgan fingerprint density at radius 3 is 2.49 bits per heavy atom. The van der Waals surface area contributed by atoms with Gasteiger partial charge in [0.15, 0.2) is 16.3 Å². The van der Waals surface area contributed by atoms with E-state index < -0.39 is 6.04 Å². The number of amides is 1. The molecule has 2 heterocycles. The number of anilines is 1. The number of para-hydroxylation sites is 1. The molecule has 1 aliphatic heterocycles. The van der Waals surface area contributed by atoms with E-state index in [1.165, 1.54) is 11.3 Å². The molecule has 1 amide bonds. The number of rotatable bonds is 9. The van der Waals surface area contributed by atoms with E-state index in [-0.39, 0.29) is 11.5 Å². The van der Waals surface area contributed by atoms with E-state index in [9.17, 15) is 9.59 Å². The summed E-state index contributed by atoms with van der Waals surface area (Å²) in [6.07, 6.45) is 1.78. The Kier molecular flexibility index (Phi) is 9.00. The van der Waals surface area contributed by atoms with Crippen LogP contribution in [-0.4, -0.2) is 24.7 Å². The molecule has 47 heavy (non-hydrogen) atoms. The molecule has 0 unspecified atom stereocenters. The third kappa shape index (κ3) is 6.57. The van der Waals surface area contributed by atoms with Gasteiger partial charge in [-0.1, -0.05) is 59.9 Å². The molecule has 0 aliphatic carbocycles. The monoisotopic (exact) mass is 642 g/mol. The Morgan fingerprint density at radius 2 is 1.77 bits per heavy atom. The molecule has 1 atom stereocenters. The van der Waals surface area contributed by atoms with E-state index in [1.54, 1.807) is 68.2 Å². The third-order valence-electron chi connectivity index (χ3n) is 7.67. The second-order valence-electron chi connectivity index (χ2n) is 10.7. The zero-order valence-electron chi connectivity index (χ0n) is 25.9. The minimum Gasteiger partial charge on any atom is -0.497 e. The Hall–Kier alpha value is -5.92. The molecule has 1 aliphatic rings. The lowest BCUT2D eigenvalue weighted by molar-refractivity contribution is -0.113. The quantitative estimate of drug-likeness (QED) is 0.232. The first-order chi connectivity index (χ1) is 22.9. The third-order valence-corrected chi connectivity index (χ3v) is 8.65. The summed E-state index contributed by atoms with van der Waals surface area (Å²) in [5.41, 5.74) is 4.18. The van der Waals surface area contributed by atoms with Crippen LogP contribution in [0.5, 0.6) is 17.2 Å². The first-order valence-corrected chi connectivity index (χ1v) is 15.5. The number of hydrogen-bond donors (Lipinski definition) is 1. The second-order valence-corrected chi connectivity index (χ2v) is 11.7. The predicted molar refractivity (Wildman–Crippen MR) is 180 cm³/mol. The van der Waals surface area contributed by atoms with E-state index >= 15 is 0 Å². The summed E-state index contributed by atoms with van der Waals surface area (Å²) in [6, 6.07) is 30.5. The highest BCUT2D eigenvalue weighted by molar-refractivity contribution is 7.07. The highest BCUT2D eigenvalue weighted by Gasteiger charge is 2.32. The molecular weight excluding hydrogens is 612 g/mol. The standard InChI is InChI=1S/C37H30N4O5S/c1-23-33(35(42)40-28-9-5-4-6-10-28)34(27-8-7-11-29(20-27)44-2)41-36(43)32(47-37(41)39-23)19-26-16-17-30(31(18-26)45-3)46-22-25-14-12-24(21-38)13-15-25/h4-20,34H,22H2,1-3H3,(H,40,42)/b32-19-/t34-/m0/s1. The number of nitrogens with one attached hydrogen (secondary N) is 1. The van der Waals surface area contributed by atoms with Crippen LogP contribution in [-0.2, 0) is 11.4 Å². The molecule has 0 saturated carbocycles. The van der Waals surface area contributed by atoms with Crippen molar-refractivity contribution in [3.8, 4) is 23.3 Å². The van der Waals surface area contributed by atoms with Gasteiger partial charge >= 0.3 is 0 Å². The fraction of sp³-hybridized carbons (Fsp3) is 0.135. The van der Waals surface area contributed by atoms with Crippen LogP contribution in [0, 0.1) is 11.3 Å². The van der Waals surface area contributed by atoms with Gasteiger partial charge in [-0.3, -0.25) is 14.2 Å². The normalized spacial score (nSPS) is 14.1. The number of benzene rings is 4. The number of carbonyl (C=O) groups excluding carboxylic acids is 1. The molecule has 5 aromatic rings. The average Bonchev–Trinajstić information content (AvgIpc) is 3.40. The zero-order valence-corrected chi connectivity index (χ0v) is 26.7. The molecule has 9 nitrogen and oxygen atoms in total. The number of thiazole rings is 1. The summed E-state index contributed by atoms with van der Waals surface area (Å²) in [7, 11) is 3.13. The smallest absolute Gasteiger partial charge is 0.271 e. The van der Waals surface area contributed by atoms with Crippen molar-refractivity contribution in [3.05, 3.63) is 150 Å².